The molecule has 0 radical (unpaired) electrons. The van der Waals surface area contributed by atoms with Gasteiger partial charge in [0, 0.05) is 12.8 Å². The first-order chi connectivity index (χ1) is 26.0. The van der Waals surface area contributed by atoms with Gasteiger partial charge in [-0.15, -0.1) is 0 Å². The van der Waals surface area contributed by atoms with Crippen LogP contribution in [0.4, 0.5) is 14.4 Å². The number of primary amides is 1. The smallest absolute Gasteiger partial charge is 0.414 e. The molecule has 1 saturated carbocycles. The van der Waals surface area contributed by atoms with Crippen molar-refractivity contribution in [2.24, 2.45) is 33.4 Å². The van der Waals surface area contributed by atoms with Crippen LogP contribution in [0, 0.1) is 11.8 Å². The minimum atomic E-state index is -0.945. The zero-order chi connectivity index (χ0) is 39.1. The first kappa shape index (κ1) is 42.7. The highest BCUT2D eigenvalue weighted by molar-refractivity contribution is 5.93. The maximum atomic E-state index is 13.9. The van der Waals surface area contributed by atoms with Crippen LogP contribution in [0.3, 0.4) is 0 Å². The van der Waals surface area contributed by atoms with Gasteiger partial charge in [0.05, 0.1) is 6.04 Å². The van der Waals surface area contributed by atoms with Gasteiger partial charge >= 0.3 is 18.2 Å². The lowest BCUT2D eigenvalue weighted by molar-refractivity contribution is -0.130. The molecule has 16 heteroatoms. The van der Waals surface area contributed by atoms with Gasteiger partial charge in [-0.1, -0.05) is 107 Å². The SMILES string of the molecule is CC(C)C[C@H](NC(=O)OCc1ccccc1)C(=O)N[C@@H](CC1CCCCC1)C(=O)N[C@@H](CCCN=C(N)NC(=O)OCc1ccccc1)/[13CH]=N/NC(N)=O. The molecule has 2 aromatic carbocycles. The molecule has 16 nitrogen and oxygen atoms in total. The van der Waals surface area contributed by atoms with E-state index < -0.39 is 48.2 Å². The van der Waals surface area contributed by atoms with Gasteiger partial charge in [-0.05, 0) is 48.6 Å². The summed E-state index contributed by atoms with van der Waals surface area (Å²) in [4.78, 5) is 67.9. The predicted molar refractivity (Wildman–Crippen MR) is 205 cm³/mol. The summed E-state index contributed by atoms with van der Waals surface area (Å²) in [7, 11) is 0. The number of guanidine groups is 1. The molecule has 0 heterocycles. The van der Waals surface area contributed by atoms with Crippen LogP contribution in [0.5, 0.6) is 0 Å². The number of hydrogen-bond donors (Lipinski definition) is 7. The summed E-state index contributed by atoms with van der Waals surface area (Å²) in [6.07, 6.45) is 6.31. The van der Waals surface area contributed by atoms with E-state index in [1.165, 1.54) is 6.21 Å². The molecule has 2 aromatic rings. The Kier molecular flexibility index (Phi) is 18.8. The molecule has 0 aliphatic heterocycles. The second kappa shape index (κ2) is 23.8. The minimum absolute atomic E-state index is 0.0403. The molecule has 3 atom stereocenters. The van der Waals surface area contributed by atoms with Crippen molar-refractivity contribution < 1.29 is 33.4 Å². The lowest BCUT2D eigenvalue weighted by atomic mass is 9.84. The van der Waals surface area contributed by atoms with Crippen molar-refractivity contribution in [1.29, 1.82) is 0 Å². The first-order valence-electron chi connectivity index (χ1n) is 18.4. The number of nitrogens with two attached hydrogens (primary N) is 2. The summed E-state index contributed by atoms with van der Waals surface area (Å²) < 4.78 is 10.5. The van der Waals surface area contributed by atoms with E-state index >= 15 is 0 Å². The highest BCUT2D eigenvalue weighted by atomic mass is 16.6. The van der Waals surface area contributed by atoms with Gasteiger partial charge in [-0.3, -0.25) is 19.9 Å². The molecule has 1 fully saturated rings. The number of carbonyl (C=O) groups is 5. The van der Waals surface area contributed by atoms with E-state index in [-0.39, 0.29) is 37.6 Å². The Bertz CT molecular complexity index is 1530. The molecule has 9 N–H and O–H groups in total. The van der Waals surface area contributed by atoms with Gasteiger partial charge in [0.25, 0.3) is 0 Å². The van der Waals surface area contributed by atoms with Gasteiger partial charge in [-0.2, -0.15) is 5.10 Å². The van der Waals surface area contributed by atoms with Gasteiger partial charge < -0.3 is 36.9 Å². The van der Waals surface area contributed by atoms with Gasteiger partial charge in [-0.25, -0.2) is 19.8 Å². The van der Waals surface area contributed by atoms with Crippen molar-refractivity contribution >= 4 is 42.2 Å². The first-order valence-corrected chi connectivity index (χ1v) is 18.4. The van der Waals surface area contributed by atoms with E-state index in [4.69, 9.17) is 20.9 Å². The summed E-state index contributed by atoms with van der Waals surface area (Å²) in [6, 6.07) is 14.9. The van der Waals surface area contributed by atoms with Crippen molar-refractivity contribution in [3.8, 4) is 0 Å². The third-order valence-electron chi connectivity index (χ3n) is 8.61. The topological polar surface area (TPSA) is 241 Å². The number of nitrogens with zero attached hydrogens (tertiary/aromatic N) is 2. The zero-order valence-electron chi connectivity index (χ0n) is 31.1. The molecule has 0 saturated heterocycles. The van der Waals surface area contributed by atoms with E-state index in [9.17, 15) is 24.0 Å². The van der Waals surface area contributed by atoms with Crippen LogP contribution < -0.4 is 38.2 Å². The third-order valence-corrected chi connectivity index (χ3v) is 8.61. The number of amides is 6. The van der Waals surface area contributed by atoms with E-state index in [1.807, 2.05) is 74.5 Å². The molecule has 0 bridgehead atoms. The lowest BCUT2D eigenvalue weighted by Crippen LogP contribution is -2.56. The predicted octanol–water partition coefficient (Wildman–Crippen LogP) is 3.94. The van der Waals surface area contributed by atoms with Crippen molar-refractivity contribution in [3.05, 3.63) is 71.8 Å². The van der Waals surface area contributed by atoms with Gasteiger partial charge in [0.15, 0.2) is 5.96 Å². The van der Waals surface area contributed by atoms with Crippen molar-refractivity contribution in [1.82, 2.24) is 26.7 Å². The number of urea groups is 1. The van der Waals surface area contributed by atoms with E-state index in [2.05, 4.69) is 36.8 Å². The number of ether oxygens (including phenoxy) is 2. The highest BCUT2D eigenvalue weighted by Crippen LogP contribution is 2.27. The summed E-state index contributed by atoms with van der Waals surface area (Å²) >= 11 is 0. The largest absolute Gasteiger partial charge is 0.445 e. The summed E-state index contributed by atoms with van der Waals surface area (Å²) in [5.41, 5.74) is 14.8. The molecule has 54 heavy (non-hydrogen) atoms. The number of alkyl carbamates (subject to hydrolysis) is 2. The monoisotopic (exact) mass is 750 g/mol. The minimum Gasteiger partial charge on any atom is -0.445 e. The molecular weight excluding hydrogens is 695 g/mol. The number of benzene rings is 2. The fourth-order valence-electron chi connectivity index (χ4n) is 5.94. The number of aliphatic imine (C=N–C) groups is 1. The van der Waals surface area contributed by atoms with Crippen LogP contribution in [0.1, 0.15) is 82.8 Å². The molecule has 1 aliphatic rings. The second-order valence-corrected chi connectivity index (χ2v) is 13.7. The number of hydrogen-bond acceptors (Lipinski definition) is 9. The van der Waals surface area contributed by atoms with Crippen molar-refractivity contribution in [2.45, 2.75) is 103 Å². The number of hydrazone groups is 1. The van der Waals surface area contributed by atoms with Gasteiger partial charge in [0.1, 0.15) is 25.3 Å². The molecule has 0 spiro atoms. The average molecular weight is 751 g/mol. The fraction of sp³-hybridized carbons (Fsp3) is 0.500. The number of carbonyl (C=O) groups excluding carboxylic acids is 5. The van der Waals surface area contributed by atoms with E-state index in [1.54, 1.807) is 0 Å². The standard InChI is InChI=1S/C38H55N9O7/c1-26(2)21-31(45-37(51)53-24-28-15-8-4-9-16-28)34(49)44-32(22-27-13-6-3-7-14-27)33(48)43-30(23-42-47-36(40)50)19-12-20-41-35(39)46-38(52)54-25-29-17-10-5-11-18-29/h4-5,8-11,15-18,23,26-27,30-32H,3,6-7,12-14,19-22,24-25H2,1-2H3,(H,43,48)(H,44,49)(H,45,51)(H3,40,47,50)(H3,39,41,46,52)/b42-23+/t30-,31-,32-/m0/s1/i23+1. The maximum absolute atomic E-state index is 13.9. The molecule has 3 rings (SSSR count). The second-order valence-electron chi connectivity index (χ2n) is 13.7. The molecule has 0 unspecified atom stereocenters. The maximum Gasteiger partial charge on any atom is 0.414 e. The Morgan fingerprint density at radius 1 is 0.796 bits per heavy atom. The summed E-state index contributed by atoms with van der Waals surface area (Å²) in [5.74, 6) is -0.829. The van der Waals surface area contributed by atoms with Crippen LogP contribution in [-0.2, 0) is 32.3 Å². The van der Waals surface area contributed by atoms with Crippen LogP contribution in [-0.4, -0.2) is 66.9 Å². The Hall–Kier alpha value is -5.67. The highest BCUT2D eigenvalue weighted by Gasteiger charge is 2.31. The lowest BCUT2D eigenvalue weighted by Gasteiger charge is -2.29. The molecule has 6 amide bonds. The number of rotatable bonds is 19. The van der Waals surface area contributed by atoms with Crippen LogP contribution in [0.2, 0.25) is 0 Å². The van der Waals surface area contributed by atoms with Crippen LogP contribution >= 0.6 is 0 Å². The Balaban J connectivity index is 1.64. The fourth-order valence-corrected chi connectivity index (χ4v) is 5.94. The van der Waals surface area contributed by atoms with Crippen molar-refractivity contribution in [2.75, 3.05) is 6.54 Å². The number of nitrogens with one attached hydrogen (secondary N) is 5. The summed E-state index contributed by atoms with van der Waals surface area (Å²) in [5, 5.41) is 14.7. The van der Waals surface area contributed by atoms with Gasteiger partial charge in [0.2, 0.25) is 11.8 Å². The molecule has 294 valence electrons. The zero-order valence-corrected chi connectivity index (χ0v) is 31.1. The molecular formula is C38H55N9O7. The van der Waals surface area contributed by atoms with Crippen LogP contribution in [0.15, 0.2) is 70.8 Å². The normalized spacial score (nSPS) is 15.1. The Labute approximate surface area is 316 Å². The van der Waals surface area contributed by atoms with Crippen LogP contribution in [0.25, 0.3) is 0 Å². The Morgan fingerprint density at radius 2 is 1.39 bits per heavy atom. The third kappa shape index (κ3) is 17.7. The Morgan fingerprint density at radius 3 is 1.98 bits per heavy atom. The van der Waals surface area contributed by atoms with E-state index in [0.717, 1.165) is 43.2 Å². The average Bonchev–Trinajstić information content (AvgIpc) is 3.15. The molecule has 1 aliphatic carbocycles. The van der Waals surface area contributed by atoms with Crippen molar-refractivity contribution in [3.63, 3.8) is 0 Å². The molecule has 0 aromatic heterocycles. The summed E-state index contributed by atoms with van der Waals surface area (Å²) in [6.45, 7) is 4.15. The van der Waals surface area contributed by atoms with E-state index in [0.29, 0.717) is 25.7 Å². The quantitative estimate of drug-likeness (QED) is 0.0364.